The Labute approximate surface area is 176 Å². The van der Waals surface area contributed by atoms with Gasteiger partial charge in [-0.25, -0.2) is 4.39 Å². The first kappa shape index (κ1) is 19.7. The highest BCUT2D eigenvalue weighted by molar-refractivity contribution is 6.31. The van der Waals surface area contributed by atoms with Gasteiger partial charge in [0.15, 0.2) is 5.78 Å². The van der Waals surface area contributed by atoms with Gasteiger partial charge in [0.05, 0.1) is 12.2 Å². The molecule has 5 nitrogen and oxygen atoms in total. The minimum Gasteiger partial charge on any atom is -0.449 e. The molecular formula is C23H16ClFN2O3. The van der Waals surface area contributed by atoms with Crippen molar-refractivity contribution in [3.05, 3.63) is 95.0 Å². The Hall–Kier alpha value is -3.64. The van der Waals surface area contributed by atoms with Gasteiger partial charge >= 0.3 is 0 Å². The summed E-state index contributed by atoms with van der Waals surface area (Å²) >= 11 is 5.97. The lowest BCUT2D eigenvalue weighted by Crippen LogP contribution is -2.17. The number of furan rings is 1. The maximum atomic E-state index is 13.1. The van der Waals surface area contributed by atoms with Crippen LogP contribution in [-0.4, -0.2) is 18.2 Å². The summed E-state index contributed by atoms with van der Waals surface area (Å²) < 4.78 is 18.8. The van der Waals surface area contributed by atoms with E-state index >= 15 is 0 Å². The number of hydrogen-bond donors (Lipinski definition) is 2. The second-order valence-electron chi connectivity index (χ2n) is 6.55. The Morgan fingerprint density at radius 2 is 1.73 bits per heavy atom. The molecule has 0 fully saturated rings. The average Bonchev–Trinajstić information content (AvgIpc) is 3.11. The van der Waals surface area contributed by atoms with Gasteiger partial charge < -0.3 is 15.1 Å². The maximum Gasteiger partial charge on any atom is 0.293 e. The minimum absolute atomic E-state index is 0.0445. The Morgan fingerprint density at radius 1 is 0.967 bits per heavy atom. The van der Waals surface area contributed by atoms with Crippen molar-refractivity contribution in [3.8, 4) is 0 Å². The monoisotopic (exact) mass is 422 g/mol. The first-order chi connectivity index (χ1) is 14.5. The lowest BCUT2D eigenvalue weighted by molar-refractivity contribution is 0.0991. The fourth-order valence-corrected chi connectivity index (χ4v) is 3.23. The van der Waals surface area contributed by atoms with Crippen molar-refractivity contribution in [1.82, 2.24) is 0 Å². The van der Waals surface area contributed by atoms with Crippen molar-refractivity contribution in [3.63, 3.8) is 0 Å². The highest BCUT2D eigenvalue weighted by atomic mass is 35.5. The van der Waals surface area contributed by atoms with Crippen molar-refractivity contribution in [1.29, 1.82) is 0 Å². The number of ketones is 1. The molecule has 0 aliphatic rings. The molecule has 0 spiro atoms. The van der Waals surface area contributed by atoms with E-state index in [0.717, 1.165) is 0 Å². The highest BCUT2D eigenvalue weighted by Crippen LogP contribution is 2.31. The molecule has 150 valence electrons. The van der Waals surface area contributed by atoms with Crippen LogP contribution in [0.4, 0.5) is 15.8 Å². The summed E-state index contributed by atoms with van der Waals surface area (Å²) in [6, 6.07) is 19.2. The summed E-state index contributed by atoms with van der Waals surface area (Å²) in [5.41, 5.74) is 1.79. The smallest absolute Gasteiger partial charge is 0.293 e. The number of benzene rings is 3. The molecule has 1 amide bonds. The topological polar surface area (TPSA) is 71.3 Å². The van der Waals surface area contributed by atoms with E-state index in [9.17, 15) is 14.0 Å². The molecule has 1 aromatic heterocycles. The number of fused-ring (bicyclic) bond motifs is 1. The number of rotatable bonds is 6. The SMILES string of the molecule is O=C(CNc1c(C(=O)Nc2cccc(Cl)c2)oc2ccccc12)c1ccc(F)cc1. The van der Waals surface area contributed by atoms with Gasteiger partial charge in [0.2, 0.25) is 5.76 Å². The number of anilines is 2. The van der Waals surface area contributed by atoms with E-state index in [4.69, 9.17) is 16.0 Å². The molecule has 0 aliphatic carbocycles. The molecule has 1 heterocycles. The number of carbonyl (C=O) groups excluding carboxylic acids is 2. The fourth-order valence-electron chi connectivity index (χ4n) is 3.04. The van der Waals surface area contributed by atoms with Crippen molar-refractivity contribution in [2.24, 2.45) is 0 Å². The van der Waals surface area contributed by atoms with E-state index < -0.39 is 11.7 Å². The summed E-state index contributed by atoms with van der Waals surface area (Å²) in [5, 5.41) is 6.90. The largest absolute Gasteiger partial charge is 0.449 e. The van der Waals surface area contributed by atoms with E-state index in [1.807, 2.05) is 6.07 Å². The third-order valence-corrected chi connectivity index (χ3v) is 4.71. The summed E-state index contributed by atoms with van der Waals surface area (Å²) in [6.07, 6.45) is 0. The van der Waals surface area contributed by atoms with Crippen LogP contribution in [0.3, 0.4) is 0 Å². The van der Waals surface area contributed by atoms with Gasteiger partial charge in [-0.15, -0.1) is 0 Å². The zero-order valence-electron chi connectivity index (χ0n) is 15.6. The molecule has 0 saturated carbocycles. The molecule has 0 radical (unpaired) electrons. The van der Waals surface area contributed by atoms with Crippen LogP contribution in [0.5, 0.6) is 0 Å². The zero-order valence-corrected chi connectivity index (χ0v) is 16.4. The van der Waals surface area contributed by atoms with Gasteiger partial charge in [0.1, 0.15) is 11.4 Å². The second kappa shape index (κ2) is 8.39. The molecule has 0 aliphatic heterocycles. The Balaban J connectivity index is 1.60. The zero-order chi connectivity index (χ0) is 21.1. The maximum absolute atomic E-state index is 13.1. The van der Waals surface area contributed by atoms with Gasteiger partial charge in [0.25, 0.3) is 5.91 Å². The third kappa shape index (κ3) is 4.18. The predicted octanol–water partition coefficient (Wildman–Crippen LogP) is 5.77. The van der Waals surface area contributed by atoms with Crippen molar-refractivity contribution in [2.45, 2.75) is 0 Å². The van der Waals surface area contributed by atoms with Crippen LogP contribution < -0.4 is 10.6 Å². The molecule has 0 saturated heterocycles. The Kier molecular flexibility index (Phi) is 5.50. The quantitative estimate of drug-likeness (QED) is 0.387. The number of carbonyl (C=O) groups is 2. The molecular weight excluding hydrogens is 407 g/mol. The van der Waals surface area contributed by atoms with Gasteiger partial charge in [0, 0.05) is 21.7 Å². The summed E-state index contributed by atoms with van der Waals surface area (Å²) in [4.78, 5) is 25.3. The first-order valence-electron chi connectivity index (χ1n) is 9.12. The minimum atomic E-state index is -0.481. The molecule has 2 N–H and O–H groups in total. The van der Waals surface area contributed by atoms with Crippen LogP contribution in [0.15, 0.2) is 77.2 Å². The molecule has 30 heavy (non-hydrogen) atoms. The lowest BCUT2D eigenvalue weighted by atomic mass is 10.1. The van der Waals surface area contributed by atoms with Gasteiger partial charge in [-0.05, 0) is 54.6 Å². The molecule has 4 rings (SSSR count). The Bertz CT molecular complexity index is 1230. The number of halogens is 2. The number of para-hydroxylation sites is 1. The van der Waals surface area contributed by atoms with Crippen LogP contribution >= 0.6 is 11.6 Å². The van der Waals surface area contributed by atoms with Crippen molar-refractivity contribution in [2.75, 3.05) is 17.2 Å². The summed E-state index contributed by atoms with van der Waals surface area (Å²) in [5.74, 6) is -1.10. The molecule has 7 heteroatoms. The number of Topliss-reactive ketones (excluding diaryl/α,β-unsaturated/α-hetero) is 1. The number of amides is 1. The number of nitrogens with one attached hydrogen (secondary N) is 2. The fraction of sp³-hybridized carbons (Fsp3) is 0.0435. The Morgan fingerprint density at radius 3 is 2.50 bits per heavy atom. The van der Waals surface area contributed by atoms with Crippen LogP contribution in [-0.2, 0) is 0 Å². The van der Waals surface area contributed by atoms with E-state index in [2.05, 4.69) is 10.6 Å². The van der Waals surface area contributed by atoms with Crippen LogP contribution in [0, 0.1) is 5.82 Å². The first-order valence-corrected chi connectivity index (χ1v) is 9.50. The molecule has 4 aromatic rings. The average molecular weight is 423 g/mol. The van der Waals surface area contributed by atoms with Gasteiger partial charge in [-0.2, -0.15) is 0 Å². The number of hydrogen-bond acceptors (Lipinski definition) is 4. The third-order valence-electron chi connectivity index (χ3n) is 4.48. The molecule has 0 unspecified atom stereocenters. The highest BCUT2D eigenvalue weighted by Gasteiger charge is 2.21. The predicted molar refractivity (Wildman–Crippen MR) is 115 cm³/mol. The normalized spacial score (nSPS) is 10.7. The van der Waals surface area contributed by atoms with E-state index in [-0.39, 0.29) is 18.1 Å². The van der Waals surface area contributed by atoms with E-state index in [0.29, 0.717) is 32.9 Å². The van der Waals surface area contributed by atoms with Gasteiger partial charge in [-0.3, -0.25) is 9.59 Å². The summed E-state index contributed by atoms with van der Waals surface area (Å²) in [7, 11) is 0. The van der Waals surface area contributed by atoms with Crippen LogP contribution in [0.25, 0.3) is 11.0 Å². The standard InChI is InChI=1S/C23H16ClFN2O3/c24-15-4-3-5-17(12-15)27-23(29)22-21(18-6-1-2-7-20(18)30-22)26-13-19(28)14-8-10-16(25)11-9-14/h1-12,26H,13H2,(H,27,29). The molecule has 0 atom stereocenters. The lowest BCUT2D eigenvalue weighted by Gasteiger charge is -2.08. The van der Waals surface area contributed by atoms with E-state index in [1.54, 1.807) is 42.5 Å². The van der Waals surface area contributed by atoms with Crippen LogP contribution in [0.1, 0.15) is 20.9 Å². The second-order valence-corrected chi connectivity index (χ2v) is 6.99. The molecule has 0 bridgehead atoms. The van der Waals surface area contributed by atoms with Crippen molar-refractivity contribution < 1.29 is 18.4 Å². The van der Waals surface area contributed by atoms with Crippen LogP contribution in [0.2, 0.25) is 5.02 Å². The van der Waals surface area contributed by atoms with E-state index in [1.165, 1.54) is 24.3 Å². The van der Waals surface area contributed by atoms with Gasteiger partial charge in [-0.1, -0.05) is 29.8 Å². The van der Waals surface area contributed by atoms with Crippen molar-refractivity contribution >= 4 is 45.6 Å². The summed E-state index contributed by atoms with van der Waals surface area (Å²) in [6.45, 7) is -0.0907. The molecule has 3 aromatic carbocycles.